The van der Waals surface area contributed by atoms with Crippen LogP contribution in [0.15, 0.2) is 65.6 Å². The Balaban J connectivity index is 0.00000225. The van der Waals surface area contributed by atoms with Crippen LogP contribution in [0.3, 0.4) is 0 Å². The molecule has 0 saturated carbocycles. The molecule has 3 aromatic carbocycles. The van der Waals surface area contributed by atoms with E-state index < -0.39 is 10.0 Å². The van der Waals surface area contributed by atoms with Crippen LogP contribution < -0.4 is 5.14 Å². The van der Waals surface area contributed by atoms with Crippen LogP contribution in [0.4, 0.5) is 0 Å². The Kier molecular flexibility index (Phi) is 11.6. The molecule has 0 aromatic heterocycles. The number of nitrogens with two attached hydrogens (primary N) is 1. The first-order valence-electron chi connectivity index (χ1n) is 8.97. The van der Waals surface area contributed by atoms with Gasteiger partial charge in [-0.2, -0.15) is 0 Å². The summed E-state index contributed by atoms with van der Waals surface area (Å²) >= 11 is 0. The van der Waals surface area contributed by atoms with Crippen molar-refractivity contribution in [1.29, 1.82) is 0 Å². The first kappa shape index (κ1) is 29.2. The van der Waals surface area contributed by atoms with Gasteiger partial charge in [0.05, 0.1) is 18.1 Å². The molecule has 1 fully saturated rings. The normalized spacial score (nSPS) is 13.8. The fraction of sp³-hybridized carbons (Fsp3) is 0.238. The molecule has 1 aliphatic heterocycles. The summed E-state index contributed by atoms with van der Waals surface area (Å²) in [4.78, 5) is 2.49. The number of rotatable bonds is 4. The molecule has 0 atom stereocenters. The third-order valence-corrected chi connectivity index (χ3v) is 5.92. The molecule has 4 rings (SSSR count). The van der Waals surface area contributed by atoms with Gasteiger partial charge in [0, 0.05) is 30.6 Å². The number of benzene rings is 3. The van der Waals surface area contributed by atoms with Crippen molar-refractivity contribution in [3.8, 4) is 11.1 Å². The Morgan fingerprint density at radius 2 is 1.48 bits per heavy atom. The number of nitrogens with zero attached hydrogens (tertiary/aromatic N) is 1. The SMILES string of the molecule is Cl.Cl.NS(=O)(=O)c1c(-c2ccccc2)c(CN2CCOCC2)cc2ccccc12.O.O. The van der Waals surface area contributed by atoms with Gasteiger partial charge in [-0.15, -0.1) is 24.8 Å². The van der Waals surface area contributed by atoms with Gasteiger partial charge in [-0.05, 0) is 22.6 Å². The fourth-order valence-electron chi connectivity index (χ4n) is 3.71. The van der Waals surface area contributed by atoms with Gasteiger partial charge < -0.3 is 15.7 Å². The predicted molar refractivity (Wildman–Crippen MR) is 129 cm³/mol. The maximum Gasteiger partial charge on any atom is 0.239 e. The Morgan fingerprint density at radius 3 is 2.10 bits per heavy atom. The van der Waals surface area contributed by atoms with Gasteiger partial charge in [0.15, 0.2) is 0 Å². The number of primary sulfonamides is 1. The zero-order valence-corrected chi connectivity index (χ0v) is 19.2. The van der Waals surface area contributed by atoms with E-state index in [2.05, 4.69) is 11.0 Å². The van der Waals surface area contributed by atoms with E-state index >= 15 is 0 Å². The van der Waals surface area contributed by atoms with E-state index in [1.807, 2.05) is 54.6 Å². The first-order valence-corrected chi connectivity index (χ1v) is 10.5. The van der Waals surface area contributed by atoms with Crippen LogP contribution in [0.2, 0.25) is 0 Å². The minimum Gasteiger partial charge on any atom is -0.412 e. The third-order valence-electron chi connectivity index (χ3n) is 4.93. The molecular weight excluding hydrogens is 463 g/mol. The quantitative estimate of drug-likeness (QED) is 0.598. The van der Waals surface area contributed by atoms with Crippen LogP contribution in [0.25, 0.3) is 21.9 Å². The molecule has 0 unspecified atom stereocenters. The van der Waals surface area contributed by atoms with Crippen molar-refractivity contribution in [2.75, 3.05) is 26.3 Å². The third kappa shape index (κ3) is 6.38. The minimum absolute atomic E-state index is 0. The Hall–Kier alpha value is -1.75. The van der Waals surface area contributed by atoms with Crippen molar-refractivity contribution in [2.45, 2.75) is 11.4 Å². The van der Waals surface area contributed by atoms with Gasteiger partial charge in [0.25, 0.3) is 0 Å². The highest BCUT2D eigenvalue weighted by atomic mass is 35.5. The molecule has 0 amide bonds. The summed E-state index contributed by atoms with van der Waals surface area (Å²) in [6.07, 6.45) is 0. The lowest BCUT2D eigenvalue weighted by molar-refractivity contribution is 0.0342. The van der Waals surface area contributed by atoms with Crippen LogP contribution in [0.5, 0.6) is 0 Å². The summed E-state index contributed by atoms with van der Waals surface area (Å²) < 4.78 is 30.7. The van der Waals surface area contributed by atoms with Gasteiger partial charge in [-0.25, -0.2) is 13.6 Å². The molecule has 31 heavy (non-hydrogen) atoms. The van der Waals surface area contributed by atoms with E-state index in [-0.39, 0.29) is 40.7 Å². The van der Waals surface area contributed by atoms with Crippen molar-refractivity contribution in [3.05, 3.63) is 66.2 Å². The molecule has 1 aliphatic rings. The van der Waals surface area contributed by atoms with Crippen molar-refractivity contribution >= 4 is 45.6 Å². The lowest BCUT2D eigenvalue weighted by Gasteiger charge is -2.28. The van der Waals surface area contributed by atoms with Crippen LogP contribution in [0, 0.1) is 0 Å². The summed E-state index contributed by atoms with van der Waals surface area (Å²) in [5.74, 6) is 0. The number of ether oxygens (including phenoxy) is 1. The summed E-state index contributed by atoms with van der Waals surface area (Å²) in [6, 6.07) is 19.2. The fourth-order valence-corrected chi connectivity index (χ4v) is 4.74. The number of sulfonamides is 1. The summed E-state index contributed by atoms with van der Waals surface area (Å²) in [5, 5.41) is 7.24. The number of halogens is 2. The molecule has 3 aromatic rings. The molecule has 1 saturated heterocycles. The average Bonchev–Trinajstić information content (AvgIpc) is 2.67. The lowest BCUT2D eigenvalue weighted by atomic mass is 9.95. The highest BCUT2D eigenvalue weighted by Gasteiger charge is 2.24. The molecule has 0 aliphatic carbocycles. The molecule has 0 bridgehead atoms. The van der Waals surface area contributed by atoms with Crippen LogP contribution in [-0.2, 0) is 21.3 Å². The molecule has 172 valence electrons. The predicted octanol–water partition coefficient (Wildman–Crippen LogP) is 2.18. The molecule has 0 radical (unpaired) electrons. The first-order chi connectivity index (χ1) is 13.0. The highest BCUT2D eigenvalue weighted by Crippen LogP contribution is 2.37. The minimum atomic E-state index is -3.91. The van der Waals surface area contributed by atoms with Crippen molar-refractivity contribution in [3.63, 3.8) is 0 Å². The molecule has 10 heteroatoms. The maximum atomic E-state index is 12.6. The second kappa shape index (κ2) is 12.3. The van der Waals surface area contributed by atoms with Gasteiger partial charge in [0.1, 0.15) is 0 Å². The maximum absolute atomic E-state index is 12.6. The smallest absolute Gasteiger partial charge is 0.239 e. The zero-order chi connectivity index (χ0) is 18.9. The number of hydrogen-bond donors (Lipinski definition) is 1. The van der Waals surface area contributed by atoms with E-state index in [9.17, 15) is 8.42 Å². The van der Waals surface area contributed by atoms with Crippen molar-refractivity contribution in [1.82, 2.24) is 4.90 Å². The Bertz CT molecular complexity index is 1080. The summed E-state index contributed by atoms with van der Waals surface area (Å²) in [5.41, 5.74) is 2.52. The number of fused-ring (bicyclic) bond motifs is 1. The Morgan fingerprint density at radius 1 is 0.903 bits per heavy atom. The average molecular weight is 491 g/mol. The monoisotopic (exact) mass is 490 g/mol. The van der Waals surface area contributed by atoms with Crippen LogP contribution in [0.1, 0.15) is 5.56 Å². The summed E-state index contributed by atoms with van der Waals surface area (Å²) in [6.45, 7) is 3.69. The topological polar surface area (TPSA) is 136 Å². The molecule has 0 spiro atoms. The molecular formula is C21H28Cl2N2O5S. The van der Waals surface area contributed by atoms with E-state index in [0.29, 0.717) is 30.7 Å². The van der Waals surface area contributed by atoms with E-state index in [0.717, 1.165) is 29.6 Å². The van der Waals surface area contributed by atoms with Crippen LogP contribution in [-0.4, -0.2) is 50.6 Å². The van der Waals surface area contributed by atoms with Gasteiger partial charge in [0.2, 0.25) is 10.0 Å². The van der Waals surface area contributed by atoms with E-state index in [4.69, 9.17) is 9.88 Å². The van der Waals surface area contributed by atoms with Gasteiger partial charge >= 0.3 is 0 Å². The van der Waals surface area contributed by atoms with Gasteiger partial charge in [-0.3, -0.25) is 4.90 Å². The van der Waals surface area contributed by atoms with E-state index in [1.54, 1.807) is 0 Å². The molecule has 1 heterocycles. The zero-order valence-electron chi connectivity index (χ0n) is 16.8. The van der Waals surface area contributed by atoms with E-state index in [1.165, 1.54) is 0 Å². The second-order valence-corrected chi connectivity index (χ2v) is 8.26. The lowest BCUT2D eigenvalue weighted by Crippen LogP contribution is -2.35. The standard InChI is InChI=1S/C21H22N2O3S.2ClH.2H2O/c22-27(24,25)21-19-9-5-4-8-17(19)14-18(15-23-10-12-26-13-11-23)20(21)16-6-2-1-3-7-16;;;;/h1-9,14H,10-13,15H2,(H2,22,24,25);2*1H;2*1H2. The number of hydrogen-bond acceptors (Lipinski definition) is 4. The second-order valence-electron chi connectivity index (χ2n) is 6.76. The van der Waals surface area contributed by atoms with Crippen molar-refractivity contribution in [2.24, 2.45) is 5.14 Å². The molecule has 7 nitrogen and oxygen atoms in total. The van der Waals surface area contributed by atoms with Crippen LogP contribution >= 0.6 is 24.8 Å². The summed E-state index contributed by atoms with van der Waals surface area (Å²) in [7, 11) is -3.91. The van der Waals surface area contributed by atoms with Gasteiger partial charge in [-0.1, -0.05) is 54.6 Å². The molecule has 6 N–H and O–H groups in total. The largest absolute Gasteiger partial charge is 0.412 e. The number of morpholine rings is 1. The highest BCUT2D eigenvalue weighted by molar-refractivity contribution is 7.89. The van der Waals surface area contributed by atoms with Crippen molar-refractivity contribution < 1.29 is 24.1 Å². The Labute approximate surface area is 194 Å².